The molecular weight excluding hydrogens is 318 g/mol. The van der Waals surface area contributed by atoms with E-state index in [0.717, 1.165) is 50.2 Å². The molecule has 1 amide bonds. The van der Waals surface area contributed by atoms with Crippen LogP contribution < -0.4 is 5.73 Å². The van der Waals surface area contributed by atoms with Gasteiger partial charge in [0.2, 0.25) is 0 Å². The number of aryl methyl sites for hydroxylation is 2. The van der Waals surface area contributed by atoms with E-state index in [1.807, 2.05) is 11.8 Å². The van der Waals surface area contributed by atoms with Gasteiger partial charge in [-0.2, -0.15) is 0 Å². The smallest absolute Gasteiger partial charge is 0.259 e. The zero-order chi connectivity index (χ0) is 17.8. The number of aromatic nitrogens is 3. The Morgan fingerprint density at radius 2 is 2.16 bits per heavy atom. The Hall–Kier alpha value is -2.44. The Morgan fingerprint density at radius 1 is 1.32 bits per heavy atom. The average molecular weight is 343 g/mol. The summed E-state index contributed by atoms with van der Waals surface area (Å²) in [5, 5.41) is 4.00. The Bertz CT molecular complexity index is 726. The molecule has 1 aliphatic heterocycles. The summed E-state index contributed by atoms with van der Waals surface area (Å²) in [6.45, 7) is 5.32. The zero-order valence-electron chi connectivity index (χ0n) is 14.9. The van der Waals surface area contributed by atoms with Crippen LogP contribution in [0.25, 0.3) is 0 Å². The van der Waals surface area contributed by atoms with Gasteiger partial charge in [-0.1, -0.05) is 12.1 Å². The highest BCUT2D eigenvalue weighted by Gasteiger charge is 2.27. The normalized spacial score (nSPS) is 18.2. The number of rotatable bonds is 4. The Balaban J connectivity index is 1.64. The molecule has 7 heteroatoms. The van der Waals surface area contributed by atoms with Gasteiger partial charge in [-0.25, -0.2) is 4.98 Å². The molecule has 2 aromatic rings. The summed E-state index contributed by atoms with van der Waals surface area (Å²) in [5.74, 6) is 1.60. The summed E-state index contributed by atoms with van der Waals surface area (Å²) in [7, 11) is 0. The molecule has 0 saturated carbocycles. The molecule has 3 heterocycles. The van der Waals surface area contributed by atoms with Gasteiger partial charge in [0.25, 0.3) is 5.91 Å². The number of nitrogen functional groups attached to an aromatic ring is 1. The lowest BCUT2D eigenvalue weighted by Crippen LogP contribution is -2.32. The van der Waals surface area contributed by atoms with E-state index in [1.165, 1.54) is 0 Å². The molecule has 0 aliphatic carbocycles. The Labute approximate surface area is 147 Å². The van der Waals surface area contributed by atoms with Crippen LogP contribution >= 0.6 is 0 Å². The summed E-state index contributed by atoms with van der Waals surface area (Å²) < 4.78 is 5.22. The molecule has 0 radical (unpaired) electrons. The van der Waals surface area contributed by atoms with Gasteiger partial charge >= 0.3 is 0 Å². The maximum atomic E-state index is 12.9. The number of carbonyl (C=O) groups is 1. The molecule has 134 valence electrons. The van der Waals surface area contributed by atoms with Crippen molar-refractivity contribution in [2.75, 3.05) is 18.8 Å². The minimum Gasteiger partial charge on any atom is -0.382 e. The average Bonchev–Trinajstić information content (AvgIpc) is 2.83. The maximum Gasteiger partial charge on any atom is 0.259 e. The van der Waals surface area contributed by atoms with Crippen molar-refractivity contribution in [1.82, 2.24) is 20.0 Å². The van der Waals surface area contributed by atoms with Crippen molar-refractivity contribution in [2.24, 2.45) is 5.92 Å². The largest absolute Gasteiger partial charge is 0.382 e. The van der Waals surface area contributed by atoms with Gasteiger partial charge in [0, 0.05) is 13.1 Å². The van der Waals surface area contributed by atoms with E-state index in [-0.39, 0.29) is 5.91 Å². The maximum absolute atomic E-state index is 12.9. The van der Waals surface area contributed by atoms with Crippen molar-refractivity contribution in [3.8, 4) is 0 Å². The lowest BCUT2D eigenvalue weighted by molar-refractivity contribution is 0.0757. The van der Waals surface area contributed by atoms with Gasteiger partial charge in [0.15, 0.2) is 0 Å². The highest BCUT2D eigenvalue weighted by Crippen LogP contribution is 2.24. The number of hydrogen-bond donors (Lipinski definition) is 1. The first-order chi connectivity index (χ1) is 12.1. The number of nitrogens with two attached hydrogens (primary N) is 1. The fraction of sp³-hybridized carbons (Fsp3) is 0.556. The van der Waals surface area contributed by atoms with E-state index < -0.39 is 0 Å². The second-order valence-electron chi connectivity index (χ2n) is 6.64. The second-order valence-corrected chi connectivity index (χ2v) is 6.64. The van der Waals surface area contributed by atoms with Crippen molar-refractivity contribution < 1.29 is 9.32 Å². The summed E-state index contributed by atoms with van der Waals surface area (Å²) in [6.07, 6.45) is 7.96. The Kier molecular flexibility index (Phi) is 5.31. The number of likely N-dealkylation sites (tertiary alicyclic amines) is 1. The molecule has 1 saturated heterocycles. The lowest BCUT2D eigenvalue weighted by Gasteiger charge is -2.20. The van der Waals surface area contributed by atoms with E-state index in [4.69, 9.17) is 10.3 Å². The highest BCUT2D eigenvalue weighted by atomic mass is 16.5. The topological polar surface area (TPSA) is 98.1 Å². The monoisotopic (exact) mass is 343 g/mol. The molecule has 1 aliphatic rings. The quantitative estimate of drug-likeness (QED) is 0.915. The summed E-state index contributed by atoms with van der Waals surface area (Å²) >= 11 is 0. The van der Waals surface area contributed by atoms with Gasteiger partial charge in [-0.05, 0) is 44.9 Å². The molecule has 1 unspecified atom stereocenters. The third-order valence-corrected chi connectivity index (χ3v) is 4.84. The molecule has 0 aromatic carbocycles. The summed E-state index contributed by atoms with van der Waals surface area (Å²) in [6, 6.07) is 0. The van der Waals surface area contributed by atoms with Gasteiger partial charge in [-0.15, -0.1) is 0 Å². The first-order valence-corrected chi connectivity index (χ1v) is 8.89. The van der Waals surface area contributed by atoms with Gasteiger partial charge in [0.1, 0.15) is 17.1 Å². The van der Waals surface area contributed by atoms with Gasteiger partial charge in [0.05, 0.1) is 23.8 Å². The predicted octanol–water partition coefficient (Wildman–Crippen LogP) is 2.40. The number of carbonyl (C=O) groups excluding carboxylic acids is 1. The number of anilines is 1. The highest BCUT2D eigenvalue weighted by molar-refractivity contribution is 5.96. The summed E-state index contributed by atoms with van der Waals surface area (Å²) in [5.41, 5.74) is 7.94. The molecule has 1 atom stereocenters. The second kappa shape index (κ2) is 7.63. The molecule has 1 fully saturated rings. The van der Waals surface area contributed by atoms with Gasteiger partial charge < -0.3 is 15.2 Å². The third kappa shape index (κ3) is 3.97. The van der Waals surface area contributed by atoms with E-state index in [2.05, 4.69) is 15.1 Å². The van der Waals surface area contributed by atoms with Crippen LogP contribution in [0.2, 0.25) is 0 Å². The SMILES string of the molecule is CCc1noc(C)c1C(=O)N1CCCC(Cc2cnc(N)cn2)CC1. The third-order valence-electron chi connectivity index (χ3n) is 4.84. The molecule has 2 aromatic heterocycles. The van der Waals surface area contributed by atoms with E-state index in [9.17, 15) is 4.79 Å². The Morgan fingerprint density at radius 3 is 2.88 bits per heavy atom. The van der Waals surface area contributed by atoms with Crippen LogP contribution in [0.4, 0.5) is 5.82 Å². The first kappa shape index (κ1) is 17.4. The van der Waals surface area contributed by atoms with Crippen molar-refractivity contribution in [1.29, 1.82) is 0 Å². The van der Waals surface area contributed by atoms with Crippen molar-refractivity contribution >= 4 is 11.7 Å². The standard InChI is InChI=1S/C18H25N5O2/c1-3-15-17(12(2)25-22-15)18(24)23-7-4-5-13(6-8-23)9-14-10-21-16(19)11-20-14/h10-11,13H,3-9H2,1-2H3,(H2,19,21). The molecule has 0 spiro atoms. The first-order valence-electron chi connectivity index (χ1n) is 8.89. The van der Waals surface area contributed by atoms with Gasteiger partial charge in [-0.3, -0.25) is 9.78 Å². The molecule has 3 rings (SSSR count). The van der Waals surface area contributed by atoms with E-state index >= 15 is 0 Å². The molecule has 7 nitrogen and oxygen atoms in total. The van der Waals surface area contributed by atoms with Crippen LogP contribution in [0.15, 0.2) is 16.9 Å². The number of amides is 1. The van der Waals surface area contributed by atoms with Crippen LogP contribution in [0, 0.1) is 12.8 Å². The van der Waals surface area contributed by atoms with E-state index in [0.29, 0.717) is 29.5 Å². The predicted molar refractivity (Wildman–Crippen MR) is 94.0 cm³/mol. The van der Waals surface area contributed by atoms with Crippen molar-refractivity contribution in [2.45, 2.75) is 46.0 Å². The fourth-order valence-corrected chi connectivity index (χ4v) is 3.43. The lowest BCUT2D eigenvalue weighted by atomic mass is 9.95. The number of hydrogen-bond acceptors (Lipinski definition) is 6. The molecule has 2 N–H and O–H groups in total. The molecule has 25 heavy (non-hydrogen) atoms. The zero-order valence-corrected chi connectivity index (χ0v) is 14.9. The van der Waals surface area contributed by atoms with Crippen molar-refractivity contribution in [3.05, 3.63) is 35.1 Å². The minimum absolute atomic E-state index is 0.0449. The van der Waals surface area contributed by atoms with Crippen LogP contribution in [0.3, 0.4) is 0 Å². The number of nitrogens with zero attached hydrogens (tertiary/aromatic N) is 4. The molecule has 0 bridgehead atoms. The minimum atomic E-state index is 0.0449. The molecular formula is C18H25N5O2. The van der Waals surface area contributed by atoms with Crippen LogP contribution in [-0.2, 0) is 12.8 Å². The van der Waals surface area contributed by atoms with Crippen molar-refractivity contribution in [3.63, 3.8) is 0 Å². The summed E-state index contributed by atoms with van der Waals surface area (Å²) in [4.78, 5) is 23.3. The van der Waals surface area contributed by atoms with Crippen LogP contribution in [0.1, 0.15) is 53.7 Å². The van der Waals surface area contributed by atoms with E-state index in [1.54, 1.807) is 19.3 Å². The fourth-order valence-electron chi connectivity index (χ4n) is 3.43. The van der Waals surface area contributed by atoms with Crippen LogP contribution in [0.5, 0.6) is 0 Å². The van der Waals surface area contributed by atoms with Crippen LogP contribution in [-0.4, -0.2) is 39.0 Å².